The number of hydrogen-bond donors (Lipinski definition) is 2. The Kier molecular flexibility index (Phi) is 8.68. The van der Waals surface area contributed by atoms with Gasteiger partial charge in [0, 0.05) is 5.92 Å². The van der Waals surface area contributed by atoms with Crippen molar-refractivity contribution in [2.75, 3.05) is 6.54 Å². The van der Waals surface area contributed by atoms with Gasteiger partial charge in [-0.05, 0) is 31.7 Å². The van der Waals surface area contributed by atoms with Crippen molar-refractivity contribution in [3.05, 3.63) is 0 Å². The van der Waals surface area contributed by atoms with E-state index in [2.05, 4.69) is 5.32 Å². The summed E-state index contributed by atoms with van der Waals surface area (Å²) in [7, 11) is 0. The summed E-state index contributed by atoms with van der Waals surface area (Å²) in [6.07, 6.45) is 4.26. The Labute approximate surface area is 104 Å². The van der Waals surface area contributed by atoms with Crippen LogP contribution in [-0.4, -0.2) is 24.8 Å². The quantitative estimate of drug-likeness (QED) is 0.475. The van der Waals surface area contributed by atoms with Crippen LogP contribution < -0.4 is 11.1 Å². The molecule has 17 heavy (non-hydrogen) atoms. The molecule has 0 rings (SSSR count). The highest BCUT2D eigenvalue weighted by molar-refractivity contribution is 5.81. The van der Waals surface area contributed by atoms with Gasteiger partial charge in [0.15, 0.2) is 0 Å². The van der Waals surface area contributed by atoms with Crippen LogP contribution in [0.15, 0.2) is 0 Å². The first-order chi connectivity index (χ1) is 8.01. The number of rotatable bonds is 9. The standard InChI is InChI=1S/C13H26N2O2/c1-10(2)8-12(9-16)15-13(17)11(3)6-4-5-7-14/h9-12H,4-8,14H2,1-3H3,(H,15,17)/t11-,12?/m0/s1. The van der Waals surface area contributed by atoms with Gasteiger partial charge in [0.1, 0.15) is 6.29 Å². The molecule has 4 nitrogen and oxygen atoms in total. The van der Waals surface area contributed by atoms with Gasteiger partial charge in [0.05, 0.1) is 6.04 Å². The summed E-state index contributed by atoms with van der Waals surface area (Å²) in [5.74, 6) is 0.328. The van der Waals surface area contributed by atoms with Crippen LogP contribution in [-0.2, 0) is 9.59 Å². The zero-order valence-electron chi connectivity index (χ0n) is 11.2. The summed E-state index contributed by atoms with van der Waals surface area (Å²) in [5, 5.41) is 2.79. The Morgan fingerprint density at radius 1 is 1.29 bits per heavy atom. The topological polar surface area (TPSA) is 72.2 Å². The second kappa shape index (κ2) is 9.16. The van der Waals surface area contributed by atoms with E-state index in [1.165, 1.54) is 0 Å². The Morgan fingerprint density at radius 3 is 2.41 bits per heavy atom. The molecule has 0 saturated heterocycles. The van der Waals surface area contributed by atoms with E-state index in [1.54, 1.807) is 0 Å². The van der Waals surface area contributed by atoms with Crippen molar-refractivity contribution >= 4 is 12.2 Å². The molecule has 0 aromatic rings. The van der Waals surface area contributed by atoms with Gasteiger partial charge in [0.2, 0.25) is 5.91 Å². The van der Waals surface area contributed by atoms with Crippen LogP contribution >= 0.6 is 0 Å². The first-order valence-electron chi connectivity index (χ1n) is 6.47. The fraction of sp³-hybridized carbons (Fsp3) is 0.846. The molecule has 0 heterocycles. The average Bonchev–Trinajstić information content (AvgIpc) is 2.27. The number of carbonyl (C=O) groups excluding carboxylic acids is 2. The molecule has 0 saturated carbocycles. The molecular weight excluding hydrogens is 216 g/mol. The molecule has 100 valence electrons. The van der Waals surface area contributed by atoms with E-state index in [0.717, 1.165) is 25.5 Å². The van der Waals surface area contributed by atoms with Crippen molar-refractivity contribution in [2.24, 2.45) is 17.6 Å². The van der Waals surface area contributed by atoms with Crippen LogP contribution in [0.2, 0.25) is 0 Å². The predicted octanol–water partition coefficient (Wildman–Crippen LogP) is 1.48. The smallest absolute Gasteiger partial charge is 0.223 e. The lowest BCUT2D eigenvalue weighted by molar-refractivity contribution is -0.127. The highest BCUT2D eigenvalue weighted by Gasteiger charge is 2.17. The fourth-order valence-corrected chi connectivity index (χ4v) is 1.71. The molecule has 1 unspecified atom stereocenters. The number of aldehydes is 1. The zero-order valence-corrected chi connectivity index (χ0v) is 11.2. The summed E-state index contributed by atoms with van der Waals surface area (Å²) < 4.78 is 0. The normalized spacial score (nSPS) is 14.4. The van der Waals surface area contributed by atoms with Crippen molar-refractivity contribution < 1.29 is 9.59 Å². The van der Waals surface area contributed by atoms with Gasteiger partial charge in [-0.15, -0.1) is 0 Å². The van der Waals surface area contributed by atoms with Crippen LogP contribution in [0.25, 0.3) is 0 Å². The summed E-state index contributed by atoms with van der Waals surface area (Å²) >= 11 is 0. The van der Waals surface area contributed by atoms with Crippen molar-refractivity contribution in [1.82, 2.24) is 5.32 Å². The summed E-state index contributed by atoms with van der Waals surface area (Å²) in [6.45, 7) is 6.63. The fourth-order valence-electron chi connectivity index (χ4n) is 1.71. The Hall–Kier alpha value is -0.900. The third-order valence-corrected chi connectivity index (χ3v) is 2.76. The van der Waals surface area contributed by atoms with E-state index >= 15 is 0 Å². The molecule has 0 aromatic heterocycles. The number of carbonyl (C=O) groups is 2. The first-order valence-corrected chi connectivity index (χ1v) is 6.47. The Morgan fingerprint density at radius 2 is 1.94 bits per heavy atom. The monoisotopic (exact) mass is 242 g/mol. The lowest BCUT2D eigenvalue weighted by Crippen LogP contribution is -2.39. The second-order valence-electron chi connectivity index (χ2n) is 5.07. The molecule has 2 atom stereocenters. The number of hydrogen-bond acceptors (Lipinski definition) is 3. The highest BCUT2D eigenvalue weighted by atomic mass is 16.2. The maximum atomic E-state index is 11.8. The maximum absolute atomic E-state index is 11.8. The molecule has 0 fully saturated rings. The third-order valence-electron chi connectivity index (χ3n) is 2.76. The van der Waals surface area contributed by atoms with E-state index in [4.69, 9.17) is 5.73 Å². The molecular formula is C13H26N2O2. The summed E-state index contributed by atoms with van der Waals surface area (Å²) in [5.41, 5.74) is 5.40. The van der Waals surface area contributed by atoms with Gasteiger partial charge in [-0.3, -0.25) is 4.79 Å². The molecule has 1 amide bonds. The molecule has 0 aliphatic rings. The number of nitrogens with two attached hydrogens (primary N) is 1. The Balaban J connectivity index is 3.99. The number of nitrogens with one attached hydrogen (secondary N) is 1. The SMILES string of the molecule is CC(C)CC(C=O)NC(=O)[C@@H](C)CCCCN. The van der Waals surface area contributed by atoms with Crippen molar-refractivity contribution in [1.29, 1.82) is 0 Å². The van der Waals surface area contributed by atoms with Crippen LogP contribution in [0.1, 0.15) is 46.5 Å². The maximum Gasteiger partial charge on any atom is 0.223 e. The lowest BCUT2D eigenvalue weighted by atomic mass is 10.0. The average molecular weight is 242 g/mol. The summed E-state index contributed by atoms with van der Waals surface area (Å²) in [6, 6.07) is -0.348. The molecule has 0 spiro atoms. The Bertz CT molecular complexity index is 229. The van der Waals surface area contributed by atoms with Crippen molar-refractivity contribution in [2.45, 2.75) is 52.5 Å². The van der Waals surface area contributed by atoms with Crippen LogP contribution in [0.3, 0.4) is 0 Å². The van der Waals surface area contributed by atoms with Gasteiger partial charge in [0.25, 0.3) is 0 Å². The van der Waals surface area contributed by atoms with E-state index in [9.17, 15) is 9.59 Å². The molecule has 4 heteroatoms. The van der Waals surface area contributed by atoms with E-state index < -0.39 is 0 Å². The molecule has 0 aliphatic carbocycles. The molecule has 0 radical (unpaired) electrons. The first kappa shape index (κ1) is 16.1. The molecule has 0 aromatic carbocycles. The van der Waals surface area contributed by atoms with Gasteiger partial charge in [-0.25, -0.2) is 0 Å². The second-order valence-corrected chi connectivity index (χ2v) is 5.07. The van der Waals surface area contributed by atoms with Crippen LogP contribution in [0, 0.1) is 11.8 Å². The van der Waals surface area contributed by atoms with Crippen molar-refractivity contribution in [3.8, 4) is 0 Å². The van der Waals surface area contributed by atoms with Gasteiger partial charge in [-0.1, -0.05) is 27.2 Å². The molecule has 3 N–H and O–H groups in total. The molecule has 0 bridgehead atoms. The lowest BCUT2D eigenvalue weighted by Gasteiger charge is -2.18. The summed E-state index contributed by atoms with van der Waals surface area (Å²) in [4.78, 5) is 22.6. The van der Waals surface area contributed by atoms with Crippen LogP contribution in [0.5, 0.6) is 0 Å². The zero-order chi connectivity index (χ0) is 13.3. The van der Waals surface area contributed by atoms with Crippen LogP contribution in [0.4, 0.5) is 0 Å². The van der Waals surface area contributed by atoms with Gasteiger partial charge in [-0.2, -0.15) is 0 Å². The minimum atomic E-state index is -0.348. The van der Waals surface area contributed by atoms with Gasteiger partial charge < -0.3 is 15.8 Å². The highest BCUT2D eigenvalue weighted by Crippen LogP contribution is 2.09. The number of unbranched alkanes of at least 4 members (excludes halogenated alkanes) is 1. The minimum Gasteiger partial charge on any atom is -0.346 e. The molecule has 0 aliphatic heterocycles. The third kappa shape index (κ3) is 7.91. The largest absolute Gasteiger partial charge is 0.346 e. The minimum absolute atomic E-state index is 0.0280. The van der Waals surface area contributed by atoms with Gasteiger partial charge >= 0.3 is 0 Å². The predicted molar refractivity (Wildman–Crippen MR) is 69.5 cm³/mol. The number of amides is 1. The van der Waals surface area contributed by atoms with E-state index in [1.807, 2.05) is 20.8 Å². The van der Waals surface area contributed by atoms with E-state index in [0.29, 0.717) is 18.9 Å². The van der Waals surface area contributed by atoms with Crippen molar-refractivity contribution in [3.63, 3.8) is 0 Å². The van der Waals surface area contributed by atoms with E-state index in [-0.39, 0.29) is 17.9 Å².